The molecule has 0 aliphatic rings. The van der Waals surface area contributed by atoms with E-state index in [0.29, 0.717) is 11.6 Å². The van der Waals surface area contributed by atoms with E-state index in [0.717, 1.165) is 28.0 Å². The zero-order chi connectivity index (χ0) is 18.5. The second kappa shape index (κ2) is 8.38. The maximum atomic E-state index is 12.2. The lowest BCUT2D eigenvalue weighted by Gasteiger charge is -2.10. The second-order valence-corrected chi connectivity index (χ2v) is 7.27. The van der Waals surface area contributed by atoms with Gasteiger partial charge in [-0.3, -0.25) is 4.79 Å². The number of benzene rings is 1. The van der Waals surface area contributed by atoms with Crippen molar-refractivity contribution in [2.45, 2.75) is 32.9 Å². The lowest BCUT2D eigenvalue weighted by atomic mass is 10.2. The van der Waals surface area contributed by atoms with Crippen LogP contribution in [0.1, 0.15) is 35.2 Å². The summed E-state index contributed by atoms with van der Waals surface area (Å²) >= 11 is 7.32. The number of hydrogen-bond acceptors (Lipinski definition) is 5. The second-order valence-electron chi connectivity index (χ2n) is 5.89. The average Bonchev–Trinajstić information content (AvgIpc) is 3.23. The van der Waals surface area contributed by atoms with Crippen molar-refractivity contribution >= 4 is 28.8 Å². The van der Waals surface area contributed by atoms with Crippen molar-refractivity contribution in [1.82, 2.24) is 10.3 Å². The first-order valence-corrected chi connectivity index (χ1v) is 9.42. The molecular formula is C19H19ClN2O3S. The van der Waals surface area contributed by atoms with Gasteiger partial charge in [0.05, 0.1) is 18.2 Å². The number of furan rings is 1. The van der Waals surface area contributed by atoms with Crippen LogP contribution in [0.25, 0.3) is 0 Å². The number of thiazole rings is 1. The van der Waals surface area contributed by atoms with Crippen molar-refractivity contribution in [2.75, 3.05) is 0 Å². The van der Waals surface area contributed by atoms with Gasteiger partial charge in [0.15, 0.2) is 0 Å². The van der Waals surface area contributed by atoms with Crippen molar-refractivity contribution in [3.05, 3.63) is 69.0 Å². The van der Waals surface area contributed by atoms with E-state index >= 15 is 0 Å². The largest absolute Gasteiger partial charge is 0.486 e. The Hall–Kier alpha value is -2.31. The molecule has 5 nitrogen and oxygen atoms in total. The molecular weight excluding hydrogens is 372 g/mol. The molecule has 1 aromatic carbocycles. The van der Waals surface area contributed by atoms with Gasteiger partial charge in [-0.15, -0.1) is 11.3 Å². The minimum atomic E-state index is -0.178. The molecule has 0 fully saturated rings. The summed E-state index contributed by atoms with van der Waals surface area (Å²) in [6.45, 7) is 4.12. The Bertz CT molecular complexity index is 873. The van der Waals surface area contributed by atoms with Crippen LogP contribution in [-0.2, 0) is 17.8 Å². The van der Waals surface area contributed by atoms with Crippen molar-refractivity contribution in [1.29, 1.82) is 0 Å². The van der Waals surface area contributed by atoms with Crippen LogP contribution >= 0.6 is 22.9 Å². The van der Waals surface area contributed by atoms with E-state index in [1.165, 1.54) is 11.3 Å². The van der Waals surface area contributed by atoms with Gasteiger partial charge in [-0.25, -0.2) is 4.98 Å². The molecule has 1 N–H and O–H groups in total. The van der Waals surface area contributed by atoms with E-state index in [4.69, 9.17) is 20.8 Å². The number of ether oxygens (including phenoxy) is 1. The maximum Gasteiger partial charge on any atom is 0.226 e. The molecule has 136 valence electrons. The van der Waals surface area contributed by atoms with Crippen molar-refractivity contribution in [3.8, 4) is 5.75 Å². The Morgan fingerprint density at radius 2 is 2.08 bits per heavy atom. The van der Waals surface area contributed by atoms with E-state index in [1.54, 1.807) is 12.1 Å². The standard InChI is InChI=1S/C19H19ClN2O3S/c1-12-3-8-17(25-12)13(2)21-18(23)9-15-11-26-19(22-15)10-24-16-6-4-14(20)5-7-16/h3-8,11,13H,9-10H2,1-2H3,(H,21,23). The molecule has 1 atom stereocenters. The smallest absolute Gasteiger partial charge is 0.226 e. The number of nitrogens with one attached hydrogen (secondary N) is 1. The fraction of sp³-hybridized carbons (Fsp3) is 0.263. The summed E-state index contributed by atoms with van der Waals surface area (Å²) in [5.41, 5.74) is 0.727. The molecule has 26 heavy (non-hydrogen) atoms. The third-order valence-electron chi connectivity index (χ3n) is 3.68. The monoisotopic (exact) mass is 390 g/mol. The first-order valence-electron chi connectivity index (χ1n) is 8.17. The zero-order valence-electron chi connectivity index (χ0n) is 14.5. The van der Waals surface area contributed by atoms with Crippen LogP contribution in [0.5, 0.6) is 5.75 Å². The number of halogens is 1. The molecule has 0 aliphatic carbocycles. The fourth-order valence-electron chi connectivity index (χ4n) is 2.39. The summed E-state index contributed by atoms with van der Waals surface area (Å²) in [5, 5.41) is 6.28. The zero-order valence-corrected chi connectivity index (χ0v) is 16.1. The lowest BCUT2D eigenvalue weighted by Crippen LogP contribution is -2.28. The van der Waals surface area contributed by atoms with Crippen LogP contribution in [0.15, 0.2) is 46.2 Å². The molecule has 0 bridgehead atoms. The van der Waals surface area contributed by atoms with Gasteiger partial charge < -0.3 is 14.5 Å². The molecule has 0 saturated heterocycles. The number of rotatable bonds is 7. The average molecular weight is 391 g/mol. The van der Waals surface area contributed by atoms with E-state index in [1.807, 2.05) is 43.5 Å². The summed E-state index contributed by atoms with van der Waals surface area (Å²) in [4.78, 5) is 16.6. The van der Waals surface area contributed by atoms with Gasteiger partial charge in [-0.2, -0.15) is 0 Å². The van der Waals surface area contributed by atoms with Crippen molar-refractivity contribution in [2.24, 2.45) is 0 Å². The van der Waals surface area contributed by atoms with Crippen LogP contribution in [0.3, 0.4) is 0 Å². The molecule has 0 radical (unpaired) electrons. The summed E-state index contributed by atoms with van der Waals surface area (Å²) in [6.07, 6.45) is 0.224. The number of aromatic nitrogens is 1. The Morgan fingerprint density at radius 1 is 1.31 bits per heavy atom. The SMILES string of the molecule is Cc1ccc(C(C)NC(=O)Cc2csc(COc3ccc(Cl)cc3)n2)o1. The summed E-state index contributed by atoms with van der Waals surface area (Å²) < 4.78 is 11.2. The predicted octanol–water partition coefficient (Wildman–Crippen LogP) is 4.70. The molecule has 1 unspecified atom stereocenters. The highest BCUT2D eigenvalue weighted by molar-refractivity contribution is 7.09. The van der Waals surface area contributed by atoms with Gasteiger partial charge in [0, 0.05) is 10.4 Å². The predicted molar refractivity (Wildman–Crippen MR) is 102 cm³/mol. The summed E-state index contributed by atoms with van der Waals surface area (Å²) in [5.74, 6) is 2.20. The number of amides is 1. The van der Waals surface area contributed by atoms with Gasteiger partial charge in [0.25, 0.3) is 0 Å². The number of nitrogens with zero attached hydrogens (tertiary/aromatic N) is 1. The van der Waals surface area contributed by atoms with E-state index in [9.17, 15) is 4.79 Å². The summed E-state index contributed by atoms with van der Waals surface area (Å²) in [6, 6.07) is 10.7. The minimum Gasteiger partial charge on any atom is -0.486 e. The highest BCUT2D eigenvalue weighted by Crippen LogP contribution is 2.19. The first kappa shape index (κ1) is 18.5. The Labute approximate surface area is 161 Å². The Balaban J connectivity index is 1.49. The van der Waals surface area contributed by atoms with Gasteiger partial charge in [0.2, 0.25) is 5.91 Å². The summed E-state index contributed by atoms with van der Waals surface area (Å²) in [7, 11) is 0. The molecule has 2 heterocycles. The molecule has 0 aliphatic heterocycles. The van der Waals surface area contributed by atoms with Gasteiger partial charge >= 0.3 is 0 Å². The van der Waals surface area contributed by atoms with Gasteiger partial charge in [0.1, 0.15) is 28.9 Å². The lowest BCUT2D eigenvalue weighted by molar-refractivity contribution is -0.121. The van der Waals surface area contributed by atoms with Gasteiger partial charge in [-0.1, -0.05) is 11.6 Å². The molecule has 2 aromatic heterocycles. The maximum absolute atomic E-state index is 12.2. The minimum absolute atomic E-state index is 0.0953. The quantitative estimate of drug-likeness (QED) is 0.635. The number of carbonyl (C=O) groups is 1. The van der Waals surface area contributed by atoms with Crippen molar-refractivity contribution < 1.29 is 13.9 Å². The molecule has 7 heteroatoms. The third-order valence-corrected chi connectivity index (χ3v) is 4.81. The highest BCUT2D eigenvalue weighted by Gasteiger charge is 2.14. The van der Waals surface area contributed by atoms with Gasteiger partial charge in [-0.05, 0) is 50.2 Å². The van der Waals surface area contributed by atoms with Crippen LogP contribution in [-0.4, -0.2) is 10.9 Å². The number of aryl methyl sites for hydroxylation is 1. The highest BCUT2D eigenvalue weighted by atomic mass is 35.5. The molecule has 1 amide bonds. The Kier molecular flexibility index (Phi) is 5.96. The number of hydrogen-bond donors (Lipinski definition) is 1. The molecule has 3 aromatic rings. The topological polar surface area (TPSA) is 64.4 Å². The normalized spacial score (nSPS) is 12.0. The third kappa shape index (κ3) is 5.09. The van der Waals surface area contributed by atoms with Crippen molar-refractivity contribution in [3.63, 3.8) is 0 Å². The molecule has 0 saturated carbocycles. The van der Waals surface area contributed by atoms with Crippen LogP contribution in [0.2, 0.25) is 5.02 Å². The molecule has 3 rings (SSSR count). The van der Waals surface area contributed by atoms with Crippen LogP contribution in [0.4, 0.5) is 0 Å². The Morgan fingerprint density at radius 3 is 2.77 bits per heavy atom. The number of carbonyl (C=O) groups excluding carboxylic acids is 1. The van der Waals surface area contributed by atoms with E-state index in [2.05, 4.69) is 10.3 Å². The van der Waals surface area contributed by atoms with Crippen LogP contribution in [0, 0.1) is 6.92 Å². The first-order chi connectivity index (χ1) is 12.5. The van der Waals surface area contributed by atoms with E-state index in [-0.39, 0.29) is 18.4 Å². The van der Waals surface area contributed by atoms with E-state index < -0.39 is 0 Å². The fourth-order valence-corrected chi connectivity index (χ4v) is 3.22. The molecule has 0 spiro atoms. The van der Waals surface area contributed by atoms with Crippen LogP contribution < -0.4 is 10.1 Å².